The lowest BCUT2D eigenvalue weighted by Crippen LogP contribution is -2.37. The zero-order chi connectivity index (χ0) is 12.0. The van der Waals surface area contributed by atoms with E-state index in [1.165, 1.54) is 0 Å². The number of hydrogen-bond donors (Lipinski definition) is 4. The lowest BCUT2D eigenvalue weighted by Gasteiger charge is -2.27. The number of nitrogens with one attached hydrogen (secondary N) is 1. The summed E-state index contributed by atoms with van der Waals surface area (Å²) in [5.74, 6) is 5.19. The highest BCUT2D eigenvalue weighted by Gasteiger charge is 2.25. The maximum atomic E-state index is 11.4. The van der Waals surface area contributed by atoms with Crippen molar-refractivity contribution in [1.82, 2.24) is 5.43 Å². The quantitative estimate of drug-likeness (QED) is 0.302. The van der Waals surface area contributed by atoms with E-state index in [9.17, 15) is 9.90 Å². The van der Waals surface area contributed by atoms with Gasteiger partial charge in [0.2, 0.25) is 5.91 Å². The summed E-state index contributed by atoms with van der Waals surface area (Å²) in [6.07, 6.45) is 4.61. The summed E-state index contributed by atoms with van der Waals surface area (Å²) >= 11 is 0. The van der Waals surface area contributed by atoms with Crippen LogP contribution in [0.5, 0.6) is 0 Å². The molecule has 0 aromatic heterocycles. The van der Waals surface area contributed by atoms with Crippen molar-refractivity contribution in [3.63, 3.8) is 0 Å². The Hall–Kier alpha value is -0.650. The Bertz CT molecular complexity index is 215. The van der Waals surface area contributed by atoms with Crippen LogP contribution in [-0.4, -0.2) is 28.8 Å². The third kappa shape index (κ3) is 4.08. The van der Waals surface area contributed by atoms with Crippen LogP contribution in [0.2, 0.25) is 0 Å². The van der Waals surface area contributed by atoms with Crippen molar-refractivity contribution >= 4 is 5.91 Å². The Morgan fingerprint density at radius 3 is 2.50 bits per heavy atom. The lowest BCUT2D eigenvalue weighted by atomic mass is 9.80. The SMILES string of the molecule is NNC(=O)C(CCO)CC1CCC(O)CC1. The highest BCUT2D eigenvalue weighted by molar-refractivity contribution is 5.77. The minimum Gasteiger partial charge on any atom is -0.396 e. The average Bonchev–Trinajstić information content (AvgIpc) is 2.30. The van der Waals surface area contributed by atoms with Gasteiger partial charge in [-0.25, -0.2) is 5.84 Å². The molecule has 0 aromatic carbocycles. The molecule has 0 bridgehead atoms. The standard InChI is InChI=1S/C11H22N2O3/c12-13-11(16)9(5-6-14)7-8-1-3-10(15)4-2-8/h8-10,14-15H,1-7,12H2,(H,13,16). The van der Waals surface area contributed by atoms with Crippen LogP contribution in [0.1, 0.15) is 38.5 Å². The smallest absolute Gasteiger partial charge is 0.237 e. The molecule has 1 saturated carbocycles. The first-order valence-electron chi connectivity index (χ1n) is 5.96. The van der Waals surface area contributed by atoms with Gasteiger partial charge in [-0.1, -0.05) is 0 Å². The number of hydrogen-bond acceptors (Lipinski definition) is 4. The van der Waals surface area contributed by atoms with Crippen molar-refractivity contribution in [1.29, 1.82) is 0 Å². The van der Waals surface area contributed by atoms with E-state index in [1.54, 1.807) is 0 Å². The predicted octanol–water partition coefficient (Wildman–Crippen LogP) is -0.0839. The molecule has 94 valence electrons. The van der Waals surface area contributed by atoms with E-state index >= 15 is 0 Å². The van der Waals surface area contributed by atoms with Gasteiger partial charge in [-0.05, 0) is 44.4 Å². The van der Waals surface area contributed by atoms with Gasteiger partial charge < -0.3 is 10.2 Å². The molecule has 0 saturated heterocycles. The molecule has 0 heterocycles. The number of aliphatic hydroxyl groups is 2. The minimum atomic E-state index is -0.199. The molecule has 5 nitrogen and oxygen atoms in total. The van der Waals surface area contributed by atoms with E-state index in [4.69, 9.17) is 10.9 Å². The third-order valence-corrected chi connectivity index (χ3v) is 3.42. The zero-order valence-corrected chi connectivity index (χ0v) is 9.56. The second-order valence-electron chi connectivity index (χ2n) is 4.63. The van der Waals surface area contributed by atoms with E-state index < -0.39 is 0 Å². The number of aliphatic hydroxyl groups excluding tert-OH is 2. The van der Waals surface area contributed by atoms with Gasteiger partial charge in [-0.3, -0.25) is 10.2 Å². The second-order valence-corrected chi connectivity index (χ2v) is 4.63. The molecule has 1 unspecified atom stereocenters. The minimum absolute atomic E-state index is 0.00737. The molecule has 5 N–H and O–H groups in total. The number of rotatable bonds is 5. The van der Waals surface area contributed by atoms with Crippen LogP contribution in [0.15, 0.2) is 0 Å². The molecule has 1 amide bonds. The fraction of sp³-hybridized carbons (Fsp3) is 0.909. The summed E-state index contributed by atoms with van der Waals surface area (Å²) in [4.78, 5) is 11.4. The predicted molar refractivity (Wildman–Crippen MR) is 60.1 cm³/mol. The number of carbonyl (C=O) groups excluding carboxylic acids is 1. The molecule has 1 aliphatic rings. The molecule has 16 heavy (non-hydrogen) atoms. The molecule has 0 spiro atoms. The van der Waals surface area contributed by atoms with Gasteiger partial charge in [-0.2, -0.15) is 0 Å². The van der Waals surface area contributed by atoms with E-state index in [1.807, 2.05) is 0 Å². The van der Waals surface area contributed by atoms with E-state index in [0.717, 1.165) is 32.1 Å². The summed E-state index contributed by atoms with van der Waals surface area (Å²) < 4.78 is 0. The molecular formula is C11H22N2O3. The van der Waals surface area contributed by atoms with Gasteiger partial charge in [-0.15, -0.1) is 0 Å². The Kier molecular flexibility index (Phi) is 5.73. The van der Waals surface area contributed by atoms with E-state index in [-0.39, 0.29) is 24.5 Å². The summed E-state index contributed by atoms with van der Waals surface area (Å²) in [7, 11) is 0. The van der Waals surface area contributed by atoms with Crippen LogP contribution in [0, 0.1) is 11.8 Å². The van der Waals surface area contributed by atoms with Crippen molar-refractivity contribution in [3.8, 4) is 0 Å². The molecule has 1 fully saturated rings. The first-order valence-corrected chi connectivity index (χ1v) is 5.96. The van der Waals surface area contributed by atoms with Gasteiger partial charge in [0.1, 0.15) is 0 Å². The maximum absolute atomic E-state index is 11.4. The van der Waals surface area contributed by atoms with Gasteiger partial charge >= 0.3 is 0 Å². The molecule has 0 aliphatic heterocycles. The van der Waals surface area contributed by atoms with Gasteiger partial charge in [0, 0.05) is 12.5 Å². The Morgan fingerprint density at radius 1 is 1.38 bits per heavy atom. The monoisotopic (exact) mass is 230 g/mol. The fourth-order valence-corrected chi connectivity index (χ4v) is 2.41. The number of hydrazine groups is 1. The summed E-state index contributed by atoms with van der Waals surface area (Å²) in [5, 5.41) is 18.3. The van der Waals surface area contributed by atoms with Crippen LogP contribution in [0.25, 0.3) is 0 Å². The van der Waals surface area contributed by atoms with Crippen molar-refractivity contribution in [3.05, 3.63) is 0 Å². The molecule has 1 aliphatic carbocycles. The van der Waals surface area contributed by atoms with Crippen molar-refractivity contribution in [2.24, 2.45) is 17.7 Å². The van der Waals surface area contributed by atoms with Crippen LogP contribution in [0.4, 0.5) is 0 Å². The fourth-order valence-electron chi connectivity index (χ4n) is 2.41. The Morgan fingerprint density at radius 2 is 2.00 bits per heavy atom. The first-order chi connectivity index (χ1) is 7.67. The molecule has 0 aromatic rings. The van der Waals surface area contributed by atoms with Crippen molar-refractivity contribution in [2.75, 3.05) is 6.61 Å². The van der Waals surface area contributed by atoms with Crippen LogP contribution >= 0.6 is 0 Å². The largest absolute Gasteiger partial charge is 0.396 e. The van der Waals surface area contributed by atoms with Crippen LogP contribution in [0.3, 0.4) is 0 Å². The van der Waals surface area contributed by atoms with Crippen molar-refractivity contribution in [2.45, 2.75) is 44.6 Å². The van der Waals surface area contributed by atoms with Crippen LogP contribution in [-0.2, 0) is 4.79 Å². The van der Waals surface area contributed by atoms with Crippen molar-refractivity contribution < 1.29 is 15.0 Å². The van der Waals surface area contributed by atoms with Gasteiger partial charge in [0.05, 0.1) is 6.10 Å². The Labute approximate surface area is 96.0 Å². The second kappa shape index (κ2) is 6.83. The maximum Gasteiger partial charge on any atom is 0.237 e. The molecule has 0 radical (unpaired) electrons. The molecule has 1 atom stereocenters. The van der Waals surface area contributed by atoms with Gasteiger partial charge in [0.25, 0.3) is 0 Å². The number of carbonyl (C=O) groups is 1. The van der Waals surface area contributed by atoms with E-state index in [0.29, 0.717) is 12.3 Å². The normalized spacial score (nSPS) is 27.4. The topological polar surface area (TPSA) is 95.6 Å². The van der Waals surface area contributed by atoms with Crippen LogP contribution < -0.4 is 11.3 Å². The Balaban J connectivity index is 2.39. The van der Waals surface area contributed by atoms with Gasteiger partial charge in [0.15, 0.2) is 0 Å². The molecular weight excluding hydrogens is 208 g/mol. The zero-order valence-electron chi connectivity index (χ0n) is 9.56. The first kappa shape index (κ1) is 13.4. The number of nitrogens with two attached hydrogens (primary N) is 1. The molecule has 5 heteroatoms. The number of amides is 1. The highest BCUT2D eigenvalue weighted by atomic mass is 16.3. The lowest BCUT2D eigenvalue weighted by molar-refractivity contribution is -0.126. The summed E-state index contributed by atoms with van der Waals surface area (Å²) in [5.41, 5.74) is 2.15. The third-order valence-electron chi connectivity index (χ3n) is 3.42. The molecule has 1 rings (SSSR count). The highest BCUT2D eigenvalue weighted by Crippen LogP contribution is 2.30. The summed E-state index contributed by atoms with van der Waals surface area (Å²) in [6, 6.07) is 0. The van der Waals surface area contributed by atoms with E-state index in [2.05, 4.69) is 5.43 Å². The average molecular weight is 230 g/mol. The summed E-state index contributed by atoms with van der Waals surface area (Å²) in [6.45, 7) is 0.00737.